The van der Waals surface area contributed by atoms with Gasteiger partial charge in [-0.2, -0.15) is 5.26 Å². The Hall–Kier alpha value is -2.06. The normalized spacial score (nSPS) is 15.5. The van der Waals surface area contributed by atoms with E-state index in [9.17, 15) is 4.79 Å². The topological polar surface area (TPSA) is 56.6 Å². The van der Waals surface area contributed by atoms with Crippen molar-refractivity contribution in [2.75, 3.05) is 32.8 Å². The van der Waals surface area contributed by atoms with E-state index in [0.717, 1.165) is 25.2 Å². The number of nitrogens with zero attached hydrogens (tertiary/aromatic N) is 3. The fraction of sp³-hybridized carbons (Fsp3) is 0.500. The molecule has 1 aliphatic heterocycles. The lowest BCUT2D eigenvalue weighted by Gasteiger charge is -2.34. The zero-order chi connectivity index (χ0) is 15.1. The number of piperazine rings is 1. The third kappa shape index (κ3) is 4.20. The number of ether oxygens (including phenoxy) is 1. The van der Waals surface area contributed by atoms with Gasteiger partial charge >= 0.3 is 6.09 Å². The summed E-state index contributed by atoms with van der Waals surface area (Å²) in [7, 11) is 0. The highest BCUT2D eigenvalue weighted by molar-refractivity contribution is 5.67. The number of rotatable bonds is 4. The Morgan fingerprint density at radius 1 is 1.24 bits per heavy atom. The monoisotopic (exact) mass is 287 g/mol. The molecule has 0 aliphatic carbocycles. The highest BCUT2D eigenvalue weighted by Crippen LogP contribution is 2.14. The van der Waals surface area contributed by atoms with Crippen LogP contribution in [-0.4, -0.2) is 48.7 Å². The van der Waals surface area contributed by atoms with Crippen molar-refractivity contribution < 1.29 is 9.53 Å². The van der Waals surface area contributed by atoms with Gasteiger partial charge in [-0.15, -0.1) is 0 Å². The number of amides is 1. The van der Waals surface area contributed by atoms with Crippen molar-refractivity contribution in [3.63, 3.8) is 0 Å². The molecule has 1 heterocycles. The molecule has 0 aromatic heterocycles. The summed E-state index contributed by atoms with van der Waals surface area (Å²) in [6.07, 6.45) is 0.223. The van der Waals surface area contributed by atoms with Crippen LogP contribution < -0.4 is 0 Å². The van der Waals surface area contributed by atoms with E-state index in [1.165, 1.54) is 5.56 Å². The summed E-state index contributed by atoms with van der Waals surface area (Å²) in [5.41, 5.74) is 2.29. The Morgan fingerprint density at radius 3 is 2.52 bits per heavy atom. The van der Waals surface area contributed by atoms with Crippen LogP contribution in [0.1, 0.15) is 18.1 Å². The first-order chi connectivity index (χ1) is 10.2. The van der Waals surface area contributed by atoms with Gasteiger partial charge in [0.1, 0.15) is 0 Å². The van der Waals surface area contributed by atoms with Gasteiger partial charge in [-0.25, -0.2) is 4.79 Å². The van der Waals surface area contributed by atoms with Gasteiger partial charge < -0.3 is 9.64 Å². The third-order valence-electron chi connectivity index (χ3n) is 3.68. The van der Waals surface area contributed by atoms with Crippen LogP contribution in [0, 0.1) is 11.3 Å². The van der Waals surface area contributed by atoms with Crippen molar-refractivity contribution in [3.8, 4) is 6.07 Å². The zero-order valence-corrected chi connectivity index (χ0v) is 12.4. The summed E-state index contributed by atoms with van der Waals surface area (Å²) in [6.45, 7) is 6.12. The maximum Gasteiger partial charge on any atom is 0.409 e. The maximum atomic E-state index is 11.7. The SMILES string of the molecule is CCOC(=O)N1CCN(Cc2ccccc2CC#N)CC1. The van der Waals surface area contributed by atoms with Crippen LogP contribution in [0.15, 0.2) is 24.3 Å². The second-order valence-corrected chi connectivity index (χ2v) is 5.07. The van der Waals surface area contributed by atoms with Crippen molar-refractivity contribution in [3.05, 3.63) is 35.4 Å². The van der Waals surface area contributed by atoms with Crippen LogP contribution >= 0.6 is 0 Å². The standard InChI is InChI=1S/C16H21N3O2/c1-2-21-16(20)19-11-9-18(10-12-19)13-15-6-4-3-5-14(15)7-8-17/h3-6H,2,7,9-13H2,1H3. The van der Waals surface area contributed by atoms with Gasteiger partial charge in [0.2, 0.25) is 0 Å². The number of carbonyl (C=O) groups excluding carboxylic acids is 1. The molecule has 0 N–H and O–H groups in total. The molecule has 0 radical (unpaired) electrons. The Kier molecular flexibility index (Phi) is 5.59. The summed E-state index contributed by atoms with van der Waals surface area (Å²) < 4.78 is 5.02. The van der Waals surface area contributed by atoms with E-state index in [-0.39, 0.29) is 6.09 Å². The minimum Gasteiger partial charge on any atom is -0.450 e. The van der Waals surface area contributed by atoms with E-state index in [1.807, 2.05) is 25.1 Å². The van der Waals surface area contributed by atoms with Crippen molar-refractivity contribution in [2.24, 2.45) is 0 Å². The van der Waals surface area contributed by atoms with Gasteiger partial charge in [-0.05, 0) is 18.1 Å². The van der Waals surface area contributed by atoms with E-state index in [1.54, 1.807) is 4.90 Å². The predicted octanol–water partition coefficient (Wildman–Crippen LogP) is 2.03. The Labute approximate surface area is 125 Å². The van der Waals surface area contributed by atoms with E-state index in [2.05, 4.69) is 17.0 Å². The molecular weight excluding hydrogens is 266 g/mol. The molecule has 5 heteroatoms. The number of hydrogen-bond donors (Lipinski definition) is 0. The van der Waals surface area contributed by atoms with Crippen LogP contribution in [0.4, 0.5) is 4.79 Å². The van der Waals surface area contributed by atoms with Gasteiger partial charge in [0.05, 0.1) is 19.1 Å². The van der Waals surface area contributed by atoms with Crippen molar-refractivity contribution in [2.45, 2.75) is 19.9 Å². The van der Waals surface area contributed by atoms with Crippen LogP contribution in [0.3, 0.4) is 0 Å². The quantitative estimate of drug-likeness (QED) is 0.850. The van der Waals surface area contributed by atoms with Gasteiger partial charge in [-0.1, -0.05) is 24.3 Å². The Bertz CT molecular complexity index is 516. The van der Waals surface area contributed by atoms with E-state index < -0.39 is 0 Å². The predicted molar refractivity (Wildman–Crippen MR) is 79.6 cm³/mol. The molecular formula is C16H21N3O2. The maximum absolute atomic E-state index is 11.7. The summed E-state index contributed by atoms with van der Waals surface area (Å²) >= 11 is 0. The molecule has 1 amide bonds. The lowest BCUT2D eigenvalue weighted by molar-refractivity contribution is 0.0778. The summed E-state index contributed by atoms with van der Waals surface area (Å²) in [5.74, 6) is 0. The molecule has 1 aromatic rings. The molecule has 0 saturated carbocycles. The van der Waals surface area contributed by atoms with E-state index in [4.69, 9.17) is 10.00 Å². The largest absolute Gasteiger partial charge is 0.450 e. The summed E-state index contributed by atoms with van der Waals surface area (Å²) in [4.78, 5) is 15.7. The Balaban J connectivity index is 1.89. The second-order valence-electron chi connectivity index (χ2n) is 5.07. The summed E-state index contributed by atoms with van der Waals surface area (Å²) in [6, 6.07) is 10.3. The number of hydrogen-bond acceptors (Lipinski definition) is 4. The molecule has 0 atom stereocenters. The molecule has 0 unspecified atom stereocenters. The number of benzene rings is 1. The fourth-order valence-electron chi connectivity index (χ4n) is 2.51. The van der Waals surface area contributed by atoms with Gasteiger partial charge in [0.25, 0.3) is 0 Å². The average Bonchev–Trinajstić information content (AvgIpc) is 2.50. The average molecular weight is 287 g/mol. The molecule has 0 spiro atoms. The first-order valence-electron chi connectivity index (χ1n) is 7.32. The molecule has 1 saturated heterocycles. The molecule has 0 bridgehead atoms. The Morgan fingerprint density at radius 2 is 1.90 bits per heavy atom. The lowest BCUT2D eigenvalue weighted by Crippen LogP contribution is -2.48. The molecule has 112 valence electrons. The van der Waals surface area contributed by atoms with Gasteiger partial charge in [0, 0.05) is 32.7 Å². The molecule has 1 aliphatic rings. The van der Waals surface area contributed by atoms with E-state index in [0.29, 0.717) is 26.1 Å². The molecule has 1 fully saturated rings. The van der Waals surface area contributed by atoms with Crippen LogP contribution in [-0.2, 0) is 17.7 Å². The minimum absolute atomic E-state index is 0.220. The number of carbonyl (C=O) groups is 1. The molecule has 2 rings (SSSR count). The first kappa shape index (κ1) is 15.3. The van der Waals surface area contributed by atoms with Crippen molar-refractivity contribution >= 4 is 6.09 Å². The molecule has 21 heavy (non-hydrogen) atoms. The van der Waals surface area contributed by atoms with Crippen LogP contribution in [0.5, 0.6) is 0 Å². The van der Waals surface area contributed by atoms with Crippen LogP contribution in [0.25, 0.3) is 0 Å². The number of nitriles is 1. The van der Waals surface area contributed by atoms with Crippen molar-refractivity contribution in [1.29, 1.82) is 5.26 Å². The van der Waals surface area contributed by atoms with Gasteiger partial charge in [0.15, 0.2) is 0 Å². The van der Waals surface area contributed by atoms with Crippen LogP contribution in [0.2, 0.25) is 0 Å². The highest BCUT2D eigenvalue weighted by Gasteiger charge is 2.22. The van der Waals surface area contributed by atoms with Crippen molar-refractivity contribution in [1.82, 2.24) is 9.80 Å². The van der Waals surface area contributed by atoms with E-state index >= 15 is 0 Å². The third-order valence-corrected chi connectivity index (χ3v) is 3.68. The lowest BCUT2D eigenvalue weighted by atomic mass is 10.0. The molecule has 1 aromatic carbocycles. The highest BCUT2D eigenvalue weighted by atomic mass is 16.6. The van der Waals surface area contributed by atoms with Gasteiger partial charge in [-0.3, -0.25) is 4.90 Å². The fourth-order valence-corrected chi connectivity index (χ4v) is 2.51. The smallest absolute Gasteiger partial charge is 0.409 e. The molecule has 5 nitrogen and oxygen atoms in total. The zero-order valence-electron chi connectivity index (χ0n) is 12.4. The first-order valence-corrected chi connectivity index (χ1v) is 7.32. The minimum atomic E-state index is -0.220. The second kappa shape index (κ2) is 7.65. The summed E-state index contributed by atoms with van der Waals surface area (Å²) in [5, 5.41) is 8.87.